The van der Waals surface area contributed by atoms with Crippen molar-refractivity contribution < 1.29 is 14.6 Å². The smallest absolute Gasteiger partial charge is 0.354 e. The number of rotatable bonds is 4. The van der Waals surface area contributed by atoms with Gasteiger partial charge in [-0.05, 0) is 38.1 Å². The van der Waals surface area contributed by atoms with Gasteiger partial charge in [-0.3, -0.25) is 4.57 Å². The van der Waals surface area contributed by atoms with Crippen molar-refractivity contribution in [1.82, 2.24) is 9.55 Å². The summed E-state index contributed by atoms with van der Waals surface area (Å²) in [4.78, 5) is 25.0. The third kappa shape index (κ3) is 2.67. The van der Waals surface area contributed by atoms with Crippen LogP contribution in [0.25, 0.3) is 5.69 Å². The summed E-state index contributed by atoms with van der Waals surface area (Å²) in [6.07, 6.45) is 1.22. The third-order valence-corrected chi connectivity index (χ3v) is 2.46. The van der Waals surface area contributed by atoms with Crippen molar-refractivity contribution in [3.8, 4) is 11.4 Å². The Morgan fingerprint density at radius 3 is 2.47 bits per heavy atom. The van der Waals surface area contributed by atoms with Crippen LogP contribution in [0.5, 0.6) is 5.75 Å². The maximum atomic E-state index is 11.6. The molecule has 0 radical (unpaired) electrons. The number of carbonyl (C=O) groups is 1. The lowest BCUT2D eigenvalue weighted by atomic mass is 10.3. The van der Waals surface area contributed by atoms with Crippen molar-refractivity contribution in [2.75, 3.05) is 0 Å². The highest BCUT2D eigenvalue weighted by Crippen LogP contribution is 2.16. The minimum Gasteiger partial charge on any atom is -0.491 e. The molecule has 0 aliphatic carbocycles. The Kier molecular flexibility index (Phi) is 3.41. The van der Waals surface area contributed by atoms with E-state index in [1.165, 1.54) is 6.20 Å². The van der Waals surface area contributed by atoms with Gasteiger partial charge in [0.1, 0.15) is 5.75 Å². The third-order valence-electron chi connectivity index (χ3n) is 2.46. The van der Waals surface area contributed by atoms with Crippen molar-refractivity contribution in [2.24, 2.45) is 0 Å². The lowest BCUT2D eigenvalue weighted by molar-refractivity contribution is 0.0688. The van der Waals surface area contributed by atoms with E-state index in [1.807, 2.05) is 13.8 Å². The minimum absolute atomic E-state index is 0.0513. The molecule has 6 heteroatoms. The molecular formula is C13H14N2O4. The zero-order valence-electron chi connectivity index (χ0n) is 10.6. The number of hydrogen-bond acceptors (Lipinski definition) is 3. The number of carboxylic acids is 1. The minimum atomic E-state index is -1.17. The molecule has 1 aromatic carbocycles. The second-order valence-corrected chi connectivity index (χ2v) is 4.28. The topological polar surface area (TPSA) is 84.3 Å². The Bertz CT molecular complexity index is 637. The normalized spacial score (nSPS) is 10.7. The van der Waals surface area contributed by atoms with Gasteiger partial charge < -0.3 is 14.8 Å². The van der Waals surface area contributed by atoms with Gasteiger partial charge in [0.25, 0.3) is 0 Å². The monoisotopic (exact) mass is 262 g/mol. The summed E-state index contributed by atoms with van der Waals surface area (Å²) in [7, 11) is 0. The molecule has 0 atom stereocenters. The average Bonchev–Trinajstić information content (AvgIpc) is 2.71. The fraction of sp³-hybridized carbons (Fsp3) is 0.231. The molecule has 2 N–H and O–H groups in total. The fourth-order valence-corrected chi connectivity index (χ4v) is 1.73. The maximum Gasteiger partial charge on any atom is 0.354 e. The van der Waals surface area contributed by atoms with E-state index in [0.717, 1.165) is 4.57 Å². The van der Waals surface area contributed by atoms with Gasteiger partial charge in [-0.25, -0.2) is 9.59 Å². The quantitative estimate of drug-likeness (QED) is 0.877. The molecule has 0 unspecified atom stereocenters. The summed E-state index contributed by atoms with van der Waals surface area (Å²) in [5, 5.41) is 9.01. The molecule has 100 valence electrons. The summed E-state index contributed by atoms with van der Waals surface area (Å²) < 4.78 is 6.58. The van der Waals surface area contributed by atoms with Crippen LogP contribution < -0.4 is 10.4 Å². The number of nitrogens with one attached hydrogen (secondary N) is 1. The van der Waals surface area contributed by atoms with Crippen LogP contribution in [0.2, 0.25) is 0 Å². The first-order chi connectivity index (χ1) is 8.99. The first-order valence-electron chi connectivity index (χ1n) is 5.80. The van der Waals surface area contributed by atoms with Crippen LogP contribution in [0.1, 0.15) is 24.3 Å². The highest BCUT2D eigenvalue weighted by Gasteiger charge is 2.14. The molecule has 2 rings (SSSR count). The number of aromatic carboxylic acids is 1. The van der Waals surface area contributed by atoms with Crippen LogP contribution in [0.4, 0.5) is 0 Å². The molecule has 0 spiro atoms. The van der Waals surface area contributed by atoms with E-state index in [4.69, 9.17) is 9.84 Å². The van der Waals surface area contributed by atoms with E-state index in [-0.39, 0.29) is 11.8 Å². The fourth-order valence-electron chi connectivity index (χ4n) is 1.73. The van der Waals surface area contributed by atoms with Crippen LogP contribution >= 0.6 is 0 Å². The van der Waals surface area contributed by atoms with Crippen molar-refractivity contribution in [1.29, 1.82) is 0 Å². The van der Waals surface area contributed by atoms with E-state index in [2.05, 4.69) is 4.98 Å². The highest BCUT2D eigenvalue weighted by molar-refractivity contribution is 5.86. The molecular weight excluding hydrogens is 248 g/mol. The zero-order valence-corrected chi connectivity index (χ0v) is 10.6. The molecule has 0 bridgehead atoms. The second-order valence-electron chi connectivity index (χ2n) is 4.28. The Morgan fingerprint density at radius 2 is 1.95 bits per heavy atom. The SMILES string of the molecule is CC(C)Oc1ccc(-n2c(C(=O)O)c[nH]c2=O)cc1. The number of H-pyrrole nitrogens is 1. The molecule has 0 saturated heterocycles. The van der Waals surface area contributed by atoms with Gasteiger partial charge in [-0.1, -0.05) is 0 Å². The Balaban J connectivity index is 2.40. The Labute approximate surface area is 109 Å². The van der Waals surface area contributed by atoms with Gasteiger partial charge in [0.15, 0.2) is 5.69 Å². The van der Waals surface area contributed by atoms with E-state index in [1.54, 1.807) is 24.3 Å². The van der Waals surface area contributed by atoms with Gasteiger partial charge in [-0.2, -0.15) is 0 Å². The van der Waals surface area contributed by atoms with Crippen LogP contribution in [-0.2, 0) is 0 Å². The molecule has 2 aromatic rings. The zero-order chi connectivity index (χ0) is 14.0. The lowest BCUT2D eigenvalue weighted by Crippen LogP contribution is -2.19. The van der Waals surface area contributed by atoms with E-state index in [9.17, 15) is 9.59 Å². The van der Waals surface area contributed by atoms with Gasteiger partial charge in [0.2, 0.25) is 0 Å². The largest absolute Gasteiger partial charge is 0.491 e. The summed E-state index contributed by atoms with van der Waals surface area (Å²) in [5.74, 6) is -0.500. The van der Waals surface area contributed by atoms with Crippen LogP contribution in [0.3, 0.4) is 0 Å². The number of hydrogen-bond donors (Lipinski definition) is 2. The Hall–Kier alpha value is -2.50. The molecule has 0 aliphatic rings. The summed E-state index contributed by atoms with van der Waals surface area (Å²) in [5.41, 5.74) is -0.128. The van der Waals surface area contributed by atoms with E-state index < -0.39 is 11.7 Å². The van der Waals surface area contributed by atoms with Crippen molar-refractivity contribution in [2.45, 2.75) is 20.0 Å². The molecule has 19 heavy (non-hydrogen) atoms. The average molecular weight is 262 g/mol. The standard InChI is InChI=1S/C13H14N2O4/c1-8(2)19-10-5-3-9(4-6-10)15-11(12(16)17)7-14-13(15)18/h3-8H,1-2H3,(H,14,18)(H,16,17). The number of imidazole rings is 1. The number of nitrogens with zero attached hydrogens (tertiary/aromatic N) is 1. The van der Waals surface area contributed by atoms with Gasteiger partial charge >= 0.3 is 11.7 Å². The summed E-state index contributed by atoms with van der Waals surface area (Å²) >= 11 is 0. The number of aromatic nitrogens is 2. The van der Waals surface area contributed by atoms with Crippen LogP contribution in [0.15, 0.2) is 35.3 Å². The van der Waals surface area contributed by atoms with Gasteiger partial charge in [-0.15, -0.1) is 0 Å². The predicted molar refractivity (Wildman–Crippen MR) is 69.1 cm³/mol. The maximum absolute atomic E-state index is 11.6. The second kappa shape index (κ2) is 5.01. The van der Waals surface area contributed by atoms with Crippen LogP contribution in [-0.4, -0.2) is 26.7 Å². The summed E-state index contributed by atoms with van der Waals surface area (Å²) in [6.45, 7) is 3.82. The first kappa shape index (κ1) is 12.9. The number of carboxylic acid groups (broad SMARTS) is 1. The van der Waals surface area contributed by atoms with Gasteiger partial charge in [0.05, 0.1) is 11.8 Å². The van der Waals surface area contributed by atoms with Crippen molar-refractivity contribution in [3.05, 3.63) is 46.6 Å². The van der Waals surface area contributed by atoms with Crippen molar-refractivity contribution >= 4 is 5.97 Å². The van der Waals surface area contributed by atoms with Crippen LogP contribution in [0, 0.1) is 0 Å². The number of benzene rings is 1. The van der Waals surface area contributed by atoms with E-state index >= 15 is 0 Å². The Morgan fingerprint density at radius 1 is 1.32 bits per heavy atom. The molecule has 0 amide bonds. The molecule has 0 fully saturated rings. The van der Waals surface area contributed by atoms with Gasteiger partial charge in [0, 0.05) is 6.20 Å². The molecule has 6 nitrogen and oxygen atoms in total. The number of ether oxygens (including phenoxy) is 1. The summed E-state index contributed by atoms with van der Waals surface area (Å²) in [6, 6.07) is 6.67. The lowest BCUT2D eigenvalue weighted by Gasteiger charge is -2.10. The molecule has 0 aliphatic heterocycles. The van der Waals surface area contributed by atoms with Crippen molar-refractivity contribution in [3.63, 3.8) is 0 Å². The molecule has 1 aromatic heterocycles. The van der Waals surface area contributed by atoms with E-state index in [0.29, 0.717) is 11.4 Å². The molecule has 0 saturated carbocycles. The molecule has 1 heterocycles. The number of aromatic amines is 1. The first-order valence-corrected chi connectivity index (χ1v) is 5.80. The highest BCUT2D eigenvalue weighted by atomic mass is 16.5. The predicted octanol–water partition coefficient (Wildman–Crippen LogP) is 1.65.